The molecule has 16 heavy (non-hydrogen) atoms. The molecule has 0 spiro atoms. The van der Waals surface area contributed by atoms with Crippen LogP contribution in [0.3, 0.4) is 0 Å². The fraction of sp³-hybridized carbons (Fsp3) is 0.846. The highest BCUT2D eigenvalue weighted by atomic mass is 16.2. The molecule has 0 bridgehead atoms. The topological polar surface area (TPSA) is 44.1 Å². The molecule has 1 saturated carbocycles. The summed E-state index contributed by atoms with van der Waals surface area (Å²) in [5, 5.41) is 8.98. The minimum Gasteiger partial charge on any atom is -0.341 e. The van der Waals surface area contributed by atoms with Gasteiger partial charge in [0, 0.05) is 13.1 Å². The van der Waals surface area contributed by atoms with Crippen molar-refractivity contribution in [3.63, 3.8) is 0 Å². The number of hydrogen-bond acceptors (Lipinski definition) is 2. The summed E-state index contributed by atoms with van der Waals surface area (Å²) in [6.45, 7) is 5.59. The van der Waals surface area contributed by atoms with Crippen LogP contribution in [0.5, 0.6) is 0 Å². The maximum absolute atomic E-state index is 12.1. The van der Waals surface area contributed by atoms with E-state index in [1.165, 1.54) is 19.3 Å². The van der Waals surface area contributed by atoms with E-state index in [4.69, 9.17) is 5.26 Å². The second-order valence-electron chi connectivity index (χ2n) is 5.48. The van der Waals surface area contributed by atoms with E-state index in [0.717, 1.165) is 6.42 Å². The maximum atomic E-state index is 12.1. The van der Waals surface area contributed by atoms with Crippen LogP contribution >= 0.6 is 0 Å². The lowest BCUT2D eigenvalue weighted by Crippen LogP contribution is -2.47. The Labute approximate surface area is 98.4 Å². The Morgan fingerprint density at radius 1 is 1.38 bits per heavy atom. The maximum Gasteiger partial charge on any atom is 0.242 e. The number of rotatable bonds is 2. The zero-order valence-corrected chi connectivity index (χ0v) is 10.8. The van der Waals surface area contributed by atoms with Crippen molar-refractivity contribution in [2.45, 2.75) is 52.5 Å². The van der Waals surface area contributed by atoms with Crippen molar-refractivity contribution in [3.05, 3.63) is 0 Å². The second kappa shape index (κ2) is 4.86. The molecule has 0 aromatic heterocycles. The van der Waals surface area contributed by atoms with E-state index in [1.54, 1.807) is 18.7 Å². The molecule has 3 nitrogen and oxygen atoms in total. The Bertz CT molecular complexity index is 304. The number of nitrogens with zero attached hydrogens (tertiary/aromatic N) is 2. The van der Waals surface area contributed by atoms with Crippen LogP contribution in [0.1, 0.15) is 46.5 Å². The number of carbonyl (C=O) groups is 1. The molecule has 0 N–H and O–H groups in total. The van der Waals surface area contributed by atoms with Gasteiger partial charge in [0.05, 0.1) is 6.07 Å². The average molecular weight is 222 g/mol. The molecular weight excluding hydrogens is 200 g/mol. The van der Waals surface area contributed by atoms with Gasteiger partial charge in [-0.3, -0.25) is 4.79 Å². The molecule has 0 heterocycles. The van der Waals surface area contributed by atoms with Crippen molar-refractivity contribution in [1.29, 1.82) is 5.26 Å². The first kappa shape index (κ1) is 13.0. The third kappa shape index (κ3) is 2.55. The van der Waals surface area contributed by atoms with Gasteiger partial charge in [-0.1, -0.05) is 19.8 Å². The molecule has 90 valence electrons. The molecule has 1 aliphatic rings. The summed E-state index contributed by atoms with van der Waals surface area (Å²) < 4.78 is 0. The Balaban J connectivity index is 2.74. The lowest BCUT2D eigenvalue weighted by atomic mass is 9.83. The number of nitriles is 1. The fourth-order valence-corrected chi connectivity index (χ4v) is 2.51. The van der Waals surface area contributed by atoms with Gasteiger partial charge in [0.15, 0.2) is 0 Å². The van der Waals surface area contributed by atoms with Crippen molar-refractivity contribution in [3.8, 4) is 6.07 Å². The van der Waals surface area contributed by atoms with Gasteiger partial charge in [-0.15, -0.1) is 0 Å². The third-order valence-corrected chi connectivity index (χ3v) is 3.70. The standard InChI is InChI=1S/C13H22N2O/c1-10-7-5-6-8-11(10)15(4)12(16)13(2,3)9-14/h10-11H,5-8H2,1-4H3. The first-order chi connectivity index (χ1) is 7.40. The minimum absolute atomic E-state index is 0.0475. The van der Waals surface area contributed by atoms with Gasteiger partial charge in [0.1, 0.15) is 5.41 Å². The van der Waals surface area contributed by atoms with E-state index in [9.17, 15) is 4.79 Å². The van der Waals surface area contributed by atoms with E-state index in [1.807, 2.05) is 7.05 Å². The normalized spacial score (nSPS) is 25.9. The lowest BCUT2D eigenvalue weighted by Gasteiger charge is -2.38. The van der Waals surface area contributed by atoms with E-state index in [-0.39, 0.29) is 5.91 Å². The van der Waals surface area contributed by atoms with Gasteiger partial charge >= 0.3 is 0 Å². The van der Waals surface area contributed by atoms with Crippen LogP contribution in [-0.2, 0) is 4.79 Å². The summed E-state index contributed by atoms with van der Waals surface area (Å²) in [5.41, 5.74) is -0.897. The highest BCUT2D eigenvalue weighted by molar-refractivity contribution is 5.84. The van der Waals surface area contributed by atoms with Gasteiger partial charge in [0.2, 0.25) is 5.91 Å². The molecule has 0 aliphatic heterocycles. The summed E-state index contributed by atoms with van der Waals surface area (Å²) in [4.78, 5) is 13.9. The van der Waals surface area contributed by atoms with Crippen LogP contribution in [0, 0.1) is 22.7 Å². The highest BCUT2D eigenvalue weighted by Gasteiger charge is 2.35. The van der Waals surface area contributed by atoms with Crippen molar-refractivity contribution in [2.75, 3.05) is 7.05 Å². The van der Waals surface area contributed by atoms with E-state index < -0.39 is 5.41 Å². The molecule has 2 atom stereocenters. The SMILES string of the molecule is CC1CCCCC1N(C)C(=O)C(C)(C)C#N. The monoisotopic (exact) mass is 222 g/mol. The third-order valence-electron chi connectivity index (χ3n) is 3.70. The van der Waals surface area contributed by atoms with Crippen LogP contribution < -0.4 is 0 Å². The Hall–Kier alpha value is -1.04. The molecule has 2 unspecified atom stereocenters. The predicted octanol–water partition coefficient (Wildman–Crippen LogP) is 2.57. The fourth-order valence-electron chi connectivity index (χ4n) is 2.51. The Morgan fingerprint density at radius 2 is 1.94 bits per heavy atom. The number of hydrogen-bond donors (Lipinski definition) is 0. The quantitative estimate of drug-likeness (QED) is 0.720. The molecule has 0 radical (unpaired) electrons. The summed E-state index contributed by atoms with van der Waals surface area (Å²) >= 11 is 0. The number of amides is 1. The Morgan fingerprint density at radius 3 is 2.44 bits per heavy atom. The largest absolute Gasteiger partial charge is 0.341 e. The van der Waals surface area contributed by atoms with Crippen molar-refractivity contribution >= 4 is 5.91 Å². The molecule has 1 aliphatic carbocycles. The van der Waals surface area contributed by atoms with Crippen LogP contribution in [0.2, 0.25) is 0 Å². The highest BCUT2D eigenvalue weighted by Crippen LogP contribution is 2.29. The molecule has 0 saturated heterocycles. The van der Waals surface area contributed by atoms with Gasteiger partial charge in [0.25, 0.3) is 0 Å². The van der Waals surface area contributed by atoms with Crippen LogP contribution in [0.4, 0.5) is 0 Å². The molecule has 0 aromatic carbocycles. The van der Waals surface area contributed by atoms with Gasteiger partial charge in [-0.05, 0) is 32.6 Å². The first-order valence-electron chi connectivity index (χ1n) is 6.08. The van der Waals surface area contributed by atoms with E-state index in [2.05, 4.69) is 13.0 Å². The van der Waals surface area contributed by atoms with Crippen LogP contribution in [0.25, 0.3) is 0 Å². The van der Waals surface area contributed by atoms with Gasteiger partial charge < -0.3 is 4.90 Å². The summed E-state index contributed by atoms with van der Waals surface area (Å²) in [5.74, 6) is 0.506. The van der Waals surface area contributed by atoms with E-state index >= 15 is 0 Å². The second-order valence-corrected chi connectivity index (χ2v) is 5.48. The summed E-state index contributed by atoms with van der Waals surface area (Å²) in [6.07, 6.45) is 4.72. The van der Waals surface area contributed by atoms with Gasteiger partial charge in [-0.25, -0.2) is 0 Å². The minimum atomic E-state index is -0.897. The zero-order chi connectivity index (χ0) is 12.3. The summed E-state index contributed by atoms with van der Waals surface area (Å²) in [6, 6.07) is 2.40. The smallest absolute Gasteiger partial charge is 0.242 e. The molecule has 1 amide bonds. The zero-order valence-electron chi connectivity index (χ0n) is 10.8. The first-order valence-corrected chi connectivity index (χ1v) is 6.08. The van der Waals surface area contributed by atoms with E-state index in [0.29, 0.717) is 12.0 Å². The summed E-state index contributed by atoms with van der Waals surface area (Å²) in [7, 11) is 1.84. The van der Waals surface area contributed by atoms with Crippen molar-refractivity contribution in [1.82, 2.24) is 4.90 Å². The molecular formula is C13H22N2O. The van der Waals surface area contributed by atoms with Crippen molar-refractivity contribution in [2.24, 2.45) is 11.3 Å². The average Bonchev–Trinajstić information content (AvgIpc) is 2.27. The molecule has 1 fully saturated rings. The predicted molar refractivity (Wildman–Crippen MR) is 63.6 cm³/mol. The molecule has 1 rings (SSSR count). The van der Waals surface area contributed by atoms with Crippen LogP contribution in [-0.4, -0.2) is 23.9 Å². The van der Waals surface area contributed by atoms with Crippen molar-refractivity contribution < 1.29 is 4.79 Å². The molecule has 0 aromatic rings. The lowest BCUT2D eigenvalue weighted by molar-refractivity contribution is -0.140. The van der Waals surface area contributed by atoms with Crippen LogP contribution in [0.15, 0.2) is 0 Å². The molecule has 3 heteroatoms. The number of carbonyl (C=O) groups excluding carboxylic acids is 1. The Kier molecular flexibility index (Phi) is 3.96. The van der Waals surface area contributed by atoms with Gasteiger partial charge in [-0.2, -0.15) is 5.26 Å².